The van der Waals surface area contributed by atoms with Crippen LogP contribution in [-0.2, 0) is 5.41 Å². The minimum atomic E-state index is 0.191. The molecule has 2 aromatic carbocycles. The van der Waals surface area contributed by atoms with Crippen LogP contribution in [-0.4, -0.2) is 0 Å². The quantitative estimate of drug-likeness (QED) is 0.714. The molecule has 0 heteroatoms. The number of benzene rings is 2. The molecule has 2 aliphatic rings. The van der Waals surface area contributed by atoms with Gasteiger partial charge in [0.15, 0.2) is 0 Å². The van der Waals surface area contributed by atoms with Crippen molar-refractivity contribution in [3.63, 3.8) is 0 Å². The highest BCUT2D eigenvalue weighted by atomic mass is 14.6. The van der Waals surface area contributed by atoms with Crippen molar-refractivity contribution in [2.45, 2.75) is 24.7 Å². The summed E-state index contributed by atoms with van der Waals surface area (Å²) in [5.41, 5.74) is 4.65. The molecule has 1 atom stereocenters. The largest absolute Gasteiger partial charge is 0.0840 e. The monoisotopic (exact) mass is 272 g/mol. The third-order valence-electron chi connectivity index (χ3n) is 4.96. The Morgan fingerprint density at radius 1 is 0.762 bits per heavy atom. The van der Waals surface area contributed by atoms with Gasteiger partial charge in [-0.1, -0.05) is 78.9 Å². The Balaban J connectivity index is 1.79. The van der Waals surface area contributed by atoms with Crippen molar-refractivity contribution >= 4 is 0 Å². The summed E-state index contributed by atoms with van der Waals surface area (Å²) in [4.78, 5) is 0. The van der Waals surface area contributed by atoms with Crippen molar-refractivity contribution in [2.75, 3.05) is 0 Å². The van der Waals surface area contributed by atoms with E-state index in [1.54, 1.807) is 0 Å². The molecule has 0 bridgehead atoms. The summed E-state index contributed by atoms with van der Waals surface area (Å²) < 4.78 is 0. The lowest BCUT2D eigenvalue weighted by Gasteiger charge is -2.20. The molecule has 104 valence electrons. The van der Waals surface area contributed by atoms with Gasteiger partial charge in [0.25, 0.3) is 0 Å². The van der Waals surface area contributed by atoms with E-state index in [1.807, 2.05) is 0 Å². The van der Waals surface area contributed by atoms with Gasteiger partial charge in [0.1, 0.15) is 0 Å². The second-order valence-corrected chi connectivity index (χ2v) is 6.14. The van der Waals surface area contributed by atoms with Gasteiger partial charge in [-0.3, -0.25) is 0 Å². The minimum Gasteiger partial charge on any atom is -0.0840 e. The molecule has 0 spiro atoms. The molecular formula is C21H20. The predicted molar refractivity (Wildman–Crippen MR) is 88.2 cm³/mol. The third-order valence-corrected chi connectivity index (χ3v) is 4.96. The van der Waals surface area contributed by atoms with E-state index in [2.05, 4.69) is 78.9 Å². The third kappa shape index (κ3) is 2.06. The Labute approximate surface area is 126 Å². The smallest absolute Gasteiger partial charge is 0.0277 e. The summed E-state index contributed by atoms with van der Waals surface area (Å²) in [5.74, 6) is 0.638. The Morgan fingerprint density at radius 2 is 1.38 bits per heavy atom. The predicted octanol–water partition coefficient (Wildman–Crippen LogP) is 5.27. The van der Waals surface area contributed by atoms with E-state index in [0.29, 0.717) is 5.92 Å². The van der Waals surface area contributed by atoms with Gasteiger partial charge >= 0.3 is 0 Å². The summed E-state index contributed by atoms with van der Waals surface area (Å²) in [6.45, 7) is 0. The van der Waals surface area contributed by atoms with E-state index < -0.39 is 0 Å². The highest BCUT2D eigenvalue weighted by molar-refractivity contribution is 5.52. The fraction of sp³-hybridized carbons (Fsp3) is 0.238. The van der Waals surface area contributed by atoms with Crippen LogP contribution in [0.15, 0.2) is 84.5 Å². The molecule has 1 unspecified atom stereocenters. The van der Waals surface area contributed by atoms with Crippen LogP contribution in [0.25, 0.3) is 0 Å². The van der Waals surface area contributed by atoms with Gasteiger partial charge in [-0.2, -0.15) is 0 Å². The molecule has 2 aliphatic carbocycles. The molecule has 0 N–H and O–H groups in total. The van der Waals surface area contributed by atoms with E-state index in [1.165, 1.54) is 36.0 Å². The lowest BCUT2D eigenvalue weighted by molar-refractivity contribution is 0.767. The molecule has 1 fully saturated rings. The van der Waals surface area contributed by atoms with Crippen molar-refractivity contribution in [3.8, 4) is 0 Å². The van der Waals surface area contributed by atoms with Gasteiger partial charge in [-0.15, -0.1) is 0 Å². The zero-order valence-corrected chi connectivity index (χ0v) is 12.2. The number of rotatable bonds is 3. The molecule has 4 rings (SSSR count). The average Bonchev–Trinajstić information content (AvgIpc) is 3.34. The molecule has 1 saturated carbocycles. The normalized spacial score (nSPS) is 22.7. The van der Waals surface area contributed by atoms with Crippen LogP contribution >= 0.6 is 0 Å². The first-order valence-corrected chi connectivity index (χ1v) is 7.89. The van der Waals surface area contributed by atoms with Crippen LogP contribution in [0.2, 0.25) is 0 Å². The first kappa shape index (κ1) is 12.6. The maximum atomic E-state index is 2.44. The Hall–Kier alpha value is -2.08. The first-order chi connectivity index (χ1) is 10.4. The van der Waals surface area contributed by atoms with Crippen LogP contribution in [0.3, 0.4) is 0 Å². The van der Waals surface area contributed by atoms with Gasteiger partial charge in [-0.25, -0.2) is 0 Å². The summed E-state index contributed by atoms with van der Waals surface area (Å²) in [6.07, 6.45) is 10.7. The zero-order chi connectivity index (χ0) is 14.1. The van der Waals surface area contributed by atoms with E-state index in [0.717, 1.165) is 0 Å². The van der Waals surface area contributed by atoms with Crippen LogP contribution in [0.4, 0.5) is 0 Å². The van der Waals surface area contributed by atoms with Crippen molar-refractivity contribution in [2.24, 2.45) is 5.92 Å². The van der Waals surface area contributed by atoms with Gasteiger partial charge in [0.05, 0.1) is 0 Å². The summed E-state index contributed by atoms with van der Waals surface area (Å²) >= 11 is 0. The van der Waals surface area contributed by atoms with Crippen molar-refractivity contribution < 1.29 is 0 Å². The van der Waals surface area contributed by atoms with E-state index >= 15 is 0 Å². The van der Waals surface area contributed by atoms with Crippen LogP contribution < -0.4 is 0 Å². The highest BCUT2D eigenvalue weighted by Crippen LogP contribution is 2.62. The van der Waals surface area contributed by atoms with Crippen LogP contribution in [0, 0.1) is 5.92 Å². The fourth-order valence-electron chi connectivity index (χ4n) is 3.83. The zero-order valence-electron chi connectivity index (χ0n) is 12.2. The summed E-state index contributed by atoms with van der Waals surface area (Å²) in [7, 11) is 0. The average molecular weight is 272 g/mol. The molecule has 0 heterocycles. The molecule has 0 nitrogen and oxygen atoms in total. The Kier molecular flexibility index (Phi) is 3.03. The van der Waals surface area contributed by atoms with E-state index in [4.69, 9.17) is 0 Å². The lowest BCUT2D eigenvalue weighted by Crippen LogP contribution is -2.13. The van der Waals surface area contributed by atoms with E-state index in [9.17, 15) is 0 Å². The SMILES string of the molecule is C1=CC(C2CC2(c2ccccc2)c2ccccc2)=CCC1. The van der Waals surface area contributed by atoms with Crippen molar-refractivity contribution in [3.05, 3.63) is 95.6 Å². The molecule has 0 radical (unpaired) electrons. The molecular weight excluding hydrogens is 252 g/mol. The molecule has 0 aliphatic heterocycles. The molecule has 0 saturated heterocycles. The fourth-order valence-corrected chi connectivity index (χ4v) is 3.83. The van der Waals surface area contributed by atoms with Gasteiger partial charge < -0.3 is 0 Å². The lowest BCUT2D eigenvalue weighted by atomic mass is 9.83. The molecule has 0 aromatic heterocycles. The minimum absolute atomic E-state index is 0.191. The van der Waals surface area contributed by atoms with Gasteiger partial charge in [0.2, 0.25) is 0 Å². The summed E-state index contributed by atoms with van der Waals surface area (Å²) in [5, 5.41) is 0. The first-order valence-electron chi connectivity index (χ1n) is 7.89. The van der Waals surface area contributed by atoms with Crippen molar-refractivity contribution in [1.29, 1.82) is 0 Å². The highest BCUT2D eigenvalue weighted by Gasteiger charge is 2.57. The van der Waals surface area contributed by atoms with Gasteiger partial charge in [0, 0.05) is 5.41 Å². The Bertz CT molecular complexity index is 637. The van der Waals surface area contributed by atoms with E-state index in [-0.39, 0.29) is 5.41 Å². The van der Waals surface area contributed by atoms with Gasteiger partial charge in [-0.05, 0) is 41.9 Å². The molecule has 2 aromatic rings. The topological polar surface area (TPSA) is 0 Å². The maximum absolute atomic E-state index is 2.44. The molecule has 0 amide bonds. The number of hydrogen-bond acceptors (Lipinski definition) is 0. The molecule has 21 heavy (non-hydrogen) atoms. The second kappa shape index (κ2) is 5.04. The number of hydrogen-bond donors (Lipinski definition) is 0. The van der Waals surface area contributed by atoms with Crippen LogP contribution in [0.5, 0.6) is 0 Å². The number of allylic oxidation sites excluding steroid dienone is 4. The van der Waals surface area contributed by atoms with Crippen LogP contribution in [0.1, 0.15) is 30.4 Å². The van der Waals surface area contributed by atoms with Crippen molar-refractivity contribution in [1.82, 2.24) is 0 Å². The maximum Gasteiger partial charge on any atom is 0.0277 e. The second-order valence-electron chi connectivity index (χ2n) is 6.14. The Morgan fingerprint density at radius 3 is 1.90 bits per heavy atom. The standard InChI is InChI=1S/C21H20/c1-4-10-17(11-5-1)20-16-21(20,18-12-6-2-7-13-18)19-14-8-3-9-15-19/h2-4,6-15,20H,1,5,16H2. The summed E-state index contributed by atoms with van der Waals surface area (Å²) in [6, 6.07) is 22.1.